The van der Waals surface area contributed by atoms with Crippen LogP contribution in [0.25, 0.3) is 11.1 Å². The minimum Gasteiger partial charge on any atom is -0.506 e. The average molecular weight is 613 g/mol. The van der Waals surface area contributed by atoms with Crippen molar-refractivity contribution in [2.75, 3.05) is 26.8 Å². The monoisotopic (exact) mass is 611 g/mol. The van der Waals surface area contributed by atoms with Gasteiger partial charge >= 0.3 is 0 Å². The molecule has 7 nitrogen and oxygen atoms in total. The molecule has 3 N–H and O–H groups in total. The molecule has 41 heavy (non-hydrogen) atoms. The number of halogens is 3. The number of nitrogens with one attached hydrogen (secondary N) is 2. The number of phenols is 1. The topological polar surface area (TPSA) is 92.2 Å². The van der Waals surface area contributed by atoms with Crippen LogP contribution < -0.4 is 20.2 Å². The van der Waals surface area contributed by atoms with Gasteiger partial charge in [0.15, 0.2) is 11.5 Å². The second-order valence-corrected chi connectivity index (χ2v) is 10.1. The molecule has 0 aromatic heterocycles. The standard InChI is InChI=1S/C31H28Cl3N3O4/c1-40-29-17-21(19-36-37-31(39)23-8-10-28(38)27(34)18-23)15-24(22-5-3-2-4-6-22)30(29)41-14-13-35-12-11-20-7-9-25(32)26(33)16-20/h2-10,15-19,35,38H,11-14H2,1H3,(H,37,39)/b36-19+. The summed E-state index contributed by atoms with van der Waals surface area (Å²) in [6.45, 7) is 1.78. The zero-order chi connectivity index (χ0) is 29.2. The number of hydrogen-bond acceptors (Lipinski definition) is 6. The Hall–Kier alpha value is -3.75. The summed E-state index contributed by atoms with van der Waals surface area (Å²) in [4.78, 5) is 12.4. The summed E-state index contributed by atoms with van der Waals surface area (Å²) in [5, 5.41) is 18.2. The van der Waals surface area contributed by atoms with E-state index >= 15 is 0 Å². The highest BCUT2D eigenvalue weighted by atomic mass is 35.5. The van der Waals surface area contributed by atoms with Crippen LogP contribution in [-0.4, -0.2) is 44.0 Å². The van der Waals surface area contributed by atoms with E-state index in [9.17, 15) is 9.90 Å². The summed E-state index contributed by atoms with van der Waals surface area (Å²) < 4.78 is 11.9. The second kappa shape index (κ2) is 14.8. The van der Waals surface area contributed by atoms with Crippen LogP contribution in [-0.2, 0) is 6.42 Å². The maximum absolute atomic E-state index is 12.4. The third-order valence-corrected chi connectivity index (χ3v) is 7.11. The Morgan fingerprint density at radius 2 is 1.73 bits per heavy atom. The third kappa shape index (κ3) is 8.38. The Kier molecular flexibility index (Phi) is 10.9. The summed E-state index contributed by atoms with van der Waals surface area (Å²) in [6, 6.07) is 23.3. The van der Waals surface area contributed by atoms with Crippen molar-refractivity contribution in [1.29, 1.82) is 0 Å². The lowest BCUT2D eigenvalue weighted by Crippen LogP contribution is -2.23. The molecule has 0 aliphatic rings. The second-order valence-electron chi connectivity index (χ2n) is 8.93. The summed E-state index contributed by atoms with van der Waals surface area (Å²) in [6.07, 6.45) is 2.32. The van der Waals surface area contributed by atoms with Gasteiger partial charge in [-0.3, -0.25) is 4.79 Å². The molecule has 0 aliphatic heterocycles. The lowest BCUT2D eigenvalue weighted by molar-refractivity contribution is 0.0955. The first-order valence-electron chi connectivity index (χ1n) is 12.7. The number of nitrogens with zero attached hydrogens (tertiary/aromatic N) is 1. The van der Waals surface area contributed by atoms with Gasteiger partial charge in [-0.2, -0.15) is 5.10 Å². The molecule has 0 saturated heterocycles. The number of hydrogen-bond donors (Lipinski definition) is 3. The van der Waals surface area contributed by atoms with Crippen molar-refractivity contribution in [3.05, 3.63) is 111 Å². The molecule has 0 unspecified atom stereocenters. The molecule has 1 amide bonds. The van der Waals surface area contributed by atoms with Gasteiger partial charge in [0.05, 0.1) is 28.4 Å². The summed E-state index contributed by atoms with van der Waals surface area (Å²) >= 11 is 18.0. The van der Waals surface area contributed by atoms with Gasteiger partial charge in [0.2, 0.25) is 0 Å². The summed E-state index contributed by atoms with van der Waals surface area (Å²) in [5.74, 6) is 0.559. The Labute approximate surface area is 253 Å². The highest BCUT2D eigenvalue weighted by Crippen LogP contribution is 2.39. The maximum Gasteiger partial charge on any atom is 0.271 e. The van der Waals surface area contributed by atoms with Crippen LogP contribution in [0.3, 0.4) is 0 Å². The Morgan fingerprint density at radius 3 is 2.46 bits per heavy atom. The molecule has 212 valence electrons. The number of ether oxygens (including phenoxy) is 2. The fourth-order valence-electron chi connectivity index (χ4n) is 3.99. The number of benzene rings is 4. The predicted octanol–water partition coefficient (Wildman–Crippen LogP) is 7.00. The van der Waals surface area contributed by atoms with Gasteiger partial charge in [0.25, 0.3) is 5.91 Å². The van der Waals surface area contributed by atoms with Gasteiger partial charge in [-0.15, -0.1) is 0 Å². The minimum absolute atomic E-state index is 0.0797. The first kappa shape index (κ1) is 30.2. The Balaban J connectivity index is 1.43. The van der Waals surface area contributed by atoms with Crippen LogP contribution in [0.1, 0.15) is 21.5 Å². The Morgan fingerprint density at radius 1 is 0.927 bits per heavy atom. The summed E-state index contributed by atoms with van der Waals surface area (Å²) in [7, 11) is 1.57. The molecule has 0 saturated carbocycles. The molecule has 4 rings (SSSR count). The van der Waals surface area contributed by atoms with E-state index in [4.69, 9.17) is 44.3 Å². The normalized spacial score (nSPS) is 11.0. The Bertz CT molecular complexity index is 1530. The van der Waals surface area contributed by atoms with Crippen LogP contribution in [0.15, 0.2) is 84.0 Å². The number of aromatic hydroxyl groups is 1. The number of rotatable bonds is 12. The van der Waals surface area contributed by atoms with Crippen molar-refractivity contribution in [2.45, 2.75) is 6.42 Å². The van der Waals surface area contributed by atoms with Gasteiger partial charge in [0, 0.05) is 17.7 Å². The van der Waals surface area contributed by atoms with E-state index in [1.165, 1.54) is 24.4 Å². The van der Waals surface area contributed by atoms with Crippen molar-refractivity contribution >= 4 is 46.9 Å². The van der Waals surface area contributed by atoms with Crippen LogP contribution in [0.5, 0.6) is 17.2 Å². The number of carbonyl (C=O) groups is 1. The molecular formula is C31H28Cl3N3O4. The van der Waals surface area contributed by atoms with Crippen LogP contribution >= 0.6 is 34.8 Å². The molecule has 0 fully saturated rings. The van der Waals surface area contributed by atoms with Crippen molar-refractivity contribution in [2.24, 2.45) is 5.10 Å². The first-order chi connectivity index (χ1) is 19.9. The van der Waals surface area contributed by atoms with Crippen molar-refractivity contribution in [1.82, 2.24) is 10.7 Å². The van der Waals surface area contributed by atoms with Gasteiger partial charge in [-0.1, -0.05) is 71.2 Å². The fourth-order valence-corrected chi connectivity index (χ4v) is 4.49. The molecular weight excluding hydrogens is 585 g/mol. The molecule has 4 aromatic rings. The van der Waals surface area contributed by atoms with E-state index in [-0.39, 0.29) is 16.3 Å². The number of phenolic OH excluding ortho intramolecular Hbond substituents is 1. The van der Waals surface area contributed by atoms with E-state index in [1.807, 2.05) is 48.5 Å². The van der Waals surface area contributed by atoms with Gasteiger partial charge < -0.3 is 19.9 Å². The predicted molar refractivity (Wildman–Crippen MR) is 165 cm³/mol. The van der Waals surface area contributed by atoms with Crippen LogP contribution in [0.4, 0.5) is 0 Å². The fraction of sp³-hybridized carbons (Fsp3) is 0.161. The molecule has 0 spiro atoms. The van der Waals surface area contributed by atoms with Gasteiger partial charge in [-0.05, 0) is 72.1 Å². The van der Waals surface area contributed by atoms with Crippen LogP contribution in [0, 0.1) is 0 Å². The van der Waals surface area contributed by atoms with Crippen LogP contribution in [0.2, 0.25) is 15.1 Å². The van der Waals surface area contributed by atoms with Gasteiger partial charge in [-0.25, -0.2) is 5.43 Å². The van der Waals surface area contributed by atoms with E-state index < -0.39 is 5.91 Å². The summed E-state index contributed by atoms with van der Waals surface area (Å²) in [5.41, 5.74) is 6.28. The number of carbonyl (C=O) groups excluding carboxylic acids is 1. The first-order valence-corrected chi connectivity index (χ1v) is 13.9. The zero-order valence-corrected chi connectivity index (χ0v) is 24.4. The zero-order valence-electron chi connectivity index (χ0n) is 22.2. The molecule has 0 atom stereocenters. The minimum atomic E-state index is -0.468. The van der Waals surface area contributed by atoms with E-state index in [2.05, 4.69) is 15.8 Å². The average Bonchev–Trinajstić information content (AvgIpc) is 2.98. The number of hydrazone groups is 1. The van der Waals surface area contributed by atoms with Crippen molar-refractivity contribution in [3.8, 4) is 28.4 Å². The molecule has 0 heterocycles. The quantitative estimate of drug-likeness (QED) is 0.0910. The number of methoxy groups -OCH3 is 1. The third-order valence-electron chi connectivity index (χ3n) is 6.07. The lowest BCUT2D eigenvalue weighted by atomic mass is 10.0. The molecule has 0 aliphatic carbocycles. The highest BCUT2D eigenvalue weighted by Gasteiger charge is 2.15. The van der Waals surface area contributed by atoms with Gasteiger partial charge in [0.1, 0.15) is 12.4 Å². The van der Waals surface area contributed by atoms with E-state index in [0.29, 0.717) is 40.3 Å². The molecule has 10 heteroatoms. The molecule has 0 radical (unpaired) electrons. The molecule has 4 aromatic carbocycles. The molecule has 0 bridgehead atoms. The smallest absolute Gasteiger partial charge is 0.271 e. The van der Waals surface area contributed by atoms with Crippen molar-refractivity contribution < 1.29 is 19.4 Å². The maximum atomic E-state index is 12.4. The van der Waals surface area contributed by atoms with E-state index in [0.717, 1.165) is 29.7 Å². The van der Waals surface area contributed by atoms with Crippen molar-refractivity contribution in [3.63, 3.8) is 0 Å². The lowest BCUT2D eigenvalue weighted by Gasteiger charge is -2.17. The number of amides is 1. The highest BCUT2D eigenvalue weighted by molar-refractivity contribution is 6.42. The largest absolute Gasteiger partial charge is 0.506 e. The SMILES string of the molecule is COc1cc(/C=N/NC(=O)c2ccc(O)c(Cl)c2)cc(-c2ccccc2)c1OCCNCCc1ccc(Cl)c(Cl)c1. The van der Waals surface area contributed by atoms with E-state index in [1.54, 1.807) is 19.2 Å².